The Morgan fingerprint density at radius 3 is 2.16 bits per heavy atom. The Hall–Kier alpha value is -3.21. The van der Waals surface area contributed by atoms with E-state index in [-0.39, 0.29) is 0 Å². The maximum atomic E-state index is 4.68. The molecule has 5 nitrogen and oxygen atoms in total. The number of nitrogens with zero attached hydrogens (tertiary/aromatic N) is 5. The molecule has 0 aliphatic rings. The molecule has 122 valence electrons. The maximum Gasteiger partial charge on any atom is 0.0890 e. The van der Waals surface area contributed by atoms with Gasteiger partial charge in [0.1, 0.15) is 0 Å². The fourth-order valence-corrected chi connectivity index (χ4v) is 2.83. The molecule has 0 N–H and O–H groups in total. The SMILES string of the molecule is Cc1cncc(Cc2cncc(Cc3cnc4ccccc4n3)c2)n1. The monoisotopic (exact) mass is 327 g/mol. The second-order valence-corrected chi connectivity index (χ2v) is 6.06. The number of benzene rings is 1. The number of rotatable bonds is 4. The first-order chi connectivity index (χ1) is 12.3. The Labute approximate surface area is 145 Å². The number of hydrogen-bond donors (Lipinski definition) is 0. The normalized spacial score (nSPS) is 10.9. The molecule has 5 heteroatoms. The number of fused-ring (bicyclic) bond motifs is 1. The van der Waals surface area contributed by atoms with Crippen molar-refractivity contribution < 1.29 is 0 Å². The molecule has 0 bridgehead atoms. The van der Waals surface area contributed by atoms with Crippen LogP contribution < -0.4 is 0 Å². The predicted octanol–water partition coefficient (Wildman–Crippen LogP) is 3.30. The van der Waals surface area contributed by atoms with Crippen LogP contribution >= 0.6 is 0 Å². The van der Waals surface area contributed by atoms with Crippen LogP contribution in [0.1, 0.15) is 28.2 Å². The fraction of sp³-hybridized carbons (Fsp3) is 0.150. The molecule has 25 heavy (non-hydrogen) atoms. The molecule has 0 aliphatic carbocycles. The highest BCUT2D eigenvalue weighted by Crippen LogP contribution is 2.14. The highest BCUT2D eigenvalue weighted by atomic mass is 14.8. The van der Waals surface area contributed by atoms with Gasteiger partial charge in [0.2, 0.25) is 0 Å². The molecule has 0 atom stereocenters. The lowest BCUT2D eigenvalue weighted by Gasteiger charge is -2.06. The van der Waals surface area contributed by atoms with E-state index in [1.807, 2.05) is 49.8 Å². The van der Waals surface area contributed by atoms with Gasteiger partial charge in [0.15, 0.2) is 0 Å². The molecular formula is C20H17N5. The van der Waals surface area contributed by atoms with E-state index in [1.54, 1.807) is 12.4 Å². The van der Waals surface area contributed by atoms with Gasteiger partial charge in [-0.15, -0.1) is 0 Å². The molecule has 0 amide bonds. The highest BCUT2D eigenvalue weighted by molar-refractivity contribution is 5.73. The van der Waals surface area contributed by atoms with E-state index in [1.165, 1.54) is 0 Å². The van der Waals surface area contributed by atoms with Crippen molar-refractivity contribution in [1.82, 2.24) is 24.9 Å². The van der Waals surface area contributed by atoms with Crippen molar-refractivity contribution in [3.63, 3.8) is 0 Å². The zero-order valence-corrected chi connectivity index (χ0v) is 13.9. The van der Waals surface area contributed by atoms with Crippen LogP contribution in [-0.2, 0) is 12.8 Å². The summed E-state index contributed by atoms with van der Waals surface area (Å²) < 4.78 is 0. The third kappa shape index (κ3) is 3.66. The predicted molar refractivity (Wildman–Crippen MR) is 96.2 cm³/mol. The second kappa shape index (κ2) is 6.73. The summed E-state index contributed by atoms with van der Waals surface area (Å²) in [5.41, 5.74) is 6.87. The number of pyridine rings is 1. The average molecular weight is 327 g/mol. The van der Waals surface area contributed by atoms with E-state index in [0.29, 0.717) is 6.42 Å². The molecule has 3 aromatic heterocycles. The number of aryl methyl sites for hydroxylation is 1. The van der Waals surface area contributed by atoms with Crippen LogP contribution in [-0.4, -0.2) is 24.9 Å². The van der Waals surface area contributed by atoms with E-state index >= 15 is 0 Å². The van der Waals surface area contributed by atoms with Crippen molar-refractivity contribution in [2.45, 2.75) is 19.8 Å². The third-order valence-electron chi connectivity index (χ3n) is 3.93. The minimum atomic E-state index is 0.707. The van der Waals surface area contributed by atoms with Gasteiger partial charge in [-0.2, -0.15) is 0 Å². The van der Waals surface area contributed by atoms with E-state index in [9.17, 15) is 0 Å². The first-order valence-corrected chi connectivity index (χ1v) is 8.17. The zero-order chi connectivity index (χ0) is 17.1. The van der Waals surface area contributed by atoms with E-state index in [0.717, 1.165) is 45.7 Å². The summed E-state index contributed by atoms with van der Waals surface area (Å²) in [7, 11) is 0. The van der Waals surface area contributed by atoms with Gasteiger partial charge in [0.05, 0.1) is 28.1 Å². The maximum absolute atomic E-state index is 4.68. The van der Waals surface area contributed by atoms with Gasteiger partial charge in [0.25, 0.3) is 0 Å². The number of hydrogen-bond acceptors (Lipinski definition) is 5. The van der Waals surface area contributed by atoms with Crippen LogP contribution in [0.25, 0.3) is 11.0 Å². The van der Waals surface area contributed by atoms with Crippen molar-refractivity contribution in [3.8, 4) is 0 Å². The van der Waals surface area contributed by atoms with Crippen LogP contribution in [0.2, 0.25) is 0 Å². The van der Waals surface area contributed by atoms with Crippen LogP contribution in [0, 0.1) is 6.92 Å². The first-order valence-electron chi connectivity index (χ1n) is 8.17. The Morgan fingerprint density at radius 1 is 0.720 bits per heavy atom. The molecule has 1 aromatic carbocycles. The van der Waals surface area contributed by atoms with Crippen LogP contribution in [0.5, 0.6) is 0 Å². The molecular weight excluding hydrogens is 310 g/mol. The Kier molecular flexibility index (Phi) is 4.12. The quantitative estimate of drug-likeness (QED) is 0.575. The number of para-hydroxylation sites is 2. The van der Waals surface area contributed by atoms with Gasteiger partial charge in [-0.25, -0.2) is 4.98 Å². The molecule has 0 unspecified atom stereocenters. The Balaban J connectivity index is 1.56. The van der Waals surface area contributed by atoms with Crippen LogP contribution in [0.3, 0.4) is 0 Å². The molecule has 0 fully saturated rings. The molecule has 3 heterocycles. The van der Waals surface area contributed by atoms with Crippen molar-refractivity contribution in [3.05, 3.63) is 89.5 Å². The summed E-state index contributed by atoms with van der Waals surface area (Å²) in [6.45, 7) is 1.95. The fourth-order valence-electron chi connectivity index (χ4n) is 2.83. The van der Waals surface area contributed by atoms with Gasteiger partial charge in [-0.1, -0.05) is 18.2 Å². The Bertz CT molecular complexity index is 1030. The van der Waals surface area contributed by atoms with E-state index in [4.69, 9.17) is 0 Å². The van der Waals surface area contributed by atoms with Gasteiger partial charge in [-0.3, -0.25) is 19.9 Å². The van der Waals surface area contributed by atoms with Crippen molar-refractivity contribution in [1.29, 1.82) is 0 Å². The van der Waals surface area contributed by atoms with Gasteiger partial charge >= 0.3 is 0 Å². The Morgan fingerprint density at radius 2 is 1.40 bits per heavy atom. The van der Waals surface area contributed by atoms with E-state index < -0.39 is 0 Å². The first kappa shape index (κ1) is 15.3. The molecule has 0 aliphatic heterocycles. The van der Waals surface area contributed by atoms with E-state index in [2.05, 4.69) is 31.0 Å². The molecule has 4 aromatic rings. The van der Waals surface area contributed by atoms with Crippen molar-refractivity contribution in [2.75, 3.05) is 0 Å². The van der Waals surface area contributed by atoms with Gasteiger partial charge < -0.3 is 0 Å². The largest absolute Gasteiger partial charge is 0.264 e. The van der Waals surface area contributed by atoms with Crippen LogP contribution in [0.4, 0.5) is 0 Å². The molecule has 0 spiro atoms. The molecule has 0 radical (unpaired) electrons. The zero-order valence-electron chi connectivity index (χ0n) is 13.9. The van der Waals surface area contributed by atoms with Gasteiger partial charge in [-0.05, 0) is 30.2 Å². The topological polar surface area (TPSA) is 64.5 Å². The summed E-state index contributed by atoms with van der Waals surface area (Å²) in [5.74, 6) is 0. The standard InChI is InChI=1S/C20H17N5/c1-14-9-21-12-17(24-14)7-15-6-16(11-22-10-15)8-18-13-23-19-4-2-3-5-20(19)25-18/h2-6,9-13H,7-8H2,1H3. The second-order valence-electron chi connectivity index (χ2n) is 6.06. The van der Waals surface area contributed by atoms with Crippen molar-refractivity contribution >= 4 is 11.0 Å². The summed E-state index contributed by atoms with van der Waals surface area (Å²) >= 11 is 0. The molecule has 0 saturated carbocycles. The summed E-state index contributed by atoms with van der Waals surface area (Å²) in [6, 6.07) is 10.0. The average Bonchev–Trinajstić information content (AvgIpc) is 2.62. The summed E-state index contributed by atoms with van der Waals surface area (Å²) in [4.78, 5) is 22.2. The minimum absolute atomic E-state index is 0.707. The molecule has 4 rings (SSSR count). The third-order valence-corrected chi connectivity index (χ3v) is 3.93. The van der Waals surface area contributed by atoms with Gasteiger partial charge in [0, 0.05) is 43.8 Å². The lowest BCUT2D eigenvalue weighted by Crippen LogP contribution is -1.99. The smallest absolute Gasteiger partial charge is 0.0890 e. The summed E-state index contributed by atoms with van der Waals surface area (Å²) in [5, 5.41) is 0. The van der Waals surface area contributed by atoms with Crippen LogP contribution in [0.15, 0.2) is 61.3 Å². The summed E-state index contributed by atoms with van der Waals surface area (Å²) in [6.07, 6.45) is 10.6. The highest BCUT2D eigenvalue weighted by Gasteiger charge is 2.05. The van der Waals surface area contributed by atoms with Crippen molar-refractivity contribution in [2.24, 2.45) is 0 Å². The molecule has 0 saturated heterocycles. The lowest BCUT2D eigenvalue weighted by molar-refractivity contribution is 0.975. The minimum Gasteiger partial charge on any atom is -0.264 e. The lowest BCUT2D eigenvalue weighted by atomic mass is 10.1. The number of aromatic nitrogens is 5.